The minimum absolute atomic E-state index is 0.264. The molecule has 1 amide bonds. The molecule has 108 valence electrons. The van der Waals surface area contributed by atoms with E-state index in [9.17, 15) is 14.7 Å². The lowest BCUT2D eigenvalue weighted by Crippen LogP contribution is -2.39. The normalized spacial score (nSPS) is 15.8. The van der Waals surface area contributed by atoms with Crippen LogP contribution in [0.4, 0.5) is 0 Å². The Morgan fingerprint density at radius 2 is 1.85 bits per heavy atom. The summed E-state index contributed by atoms with van der Waals surface area (Å²) in [5.74, 6) is -0.949. The van der Waals surface area contributed by atoms with Crippen molar-refractivity contribution in [2.75, 3.05) is 6.54 Å². The van der Waals surface area contributed by atoms with Gasteiger partial charge in [-0.2, -0.15) is 0 Å². The molecule has 20 heavy (non-hydrogen) atoms. The van der Waals surface area contributed by atoms with Crippen molar-refractivity contribution >= 4 is 35.1 Å². The van der Waals surface area contributed by atoms with Crippen molar-refractivity contribution in [3.8, 4) is 0 Å². The molecule has 0 aromatic heterocycles. The predicted octanol–water partition coefficient (Wildman–Crippen LogP) is 3.38. The van der Waals surface area contributed by atoms with Crippen molar-refractivity contribution in [2.45, 2.75) is 25.8 Å². The fraction of sp³-hybridized carbons (Fsp3) is 0.429. The topological polar surface area (TPSA) is 57.6 Å². The van der Waals surface area contributed by atoms with Gasteiger partial charge in [-0.15, -0.1) is 0 Å². The Labute approximate surface area is 127 Å². The summed E-state index contributed by atoms with van der Waals surface area (Å²) in [4.78, 5) is 24.8. The van der Waals surface area contributed by atoms with Crippen molar-refractivity contribution < 1.29 is 14.7 Å². The molecule has 0 radical (unpaired) electrons. The third-order valence-electron chi connectivity index (χ3n) is 3.30. The van der Waals surface area contributed by atoms with Gasteiger partial charge in [-0.3, -0.25) is 4.79 Å². The van der Waals surface area contributed by atoms with Crippen LogP contribution in [0.15, 0.2) is 18.2 Å². The number of carbonyl (C=O) groups is 2. The van der Waals surface area contributed by atoms with Gasteiger partial charge in [-0.1, -0.05) is 23.2 Å². The Hall–Kier alpha value is -1.26. The average Bonchev–Trinajstić information content (AvgIpc) is 3.10. The van der Waals surface area contributed by atoms with E-state index in [1.54, 1.807) is 0 Å². The first-order valence-electron chi connectivity index (χ1n) is 6.34. The lowest BCUT2D eigenvalue weighted by atomic mass is 10.0. The number of amides is 1. The summed E-state index contributed by atoms with van der Waals surface area (Å²) in [6.07, 6.45) is 2.07. The molecule has 0 bridgehead atoms. The first-order chi connectivity index (χ1) is 9.38. The van der Waals surface area contributed by atoms with Crippen LogP contribution < -0.4 is 0 Å². The summed E-state index contributed by atoms with van der Waals surface area (Å²) in [6.45, 7) is 1.83. The van der Waals surface area contributed by atoms with Crippen molar-refractivity contribution in [3.05, 3.63) is 33.8 Å². The number of carboxylic acid groups (broad SMARTS) is 1. The van der Waals surface area contributed by atoms with E-state index in [4.69, 9.17) is 23.2 Å². The Balaban J connectivity index is 2.36. The van der Waals surface area contributed by atoms with E-state index < -0.39 is 12.0 Å². The van der Waals surface area contributed by atoms with Crippen LogP contribution in [0.25, 0.3) is 0 Å². The molecule has 1 aromatic rings. The first kappa shape index (κ1) is 15.1. The van der Waals surface area contributed by atoms with Crippen LogP contribution in [-0.2, 0) is 9.59 Å². The zero-order chi connectivity index (χ0) is 14.9. The molecule has 0 saturated heterocycles. The zero-order valence-corrected chi connectivity index (χ0v) is 12.5. The molecule has 1 unspecified atom stereocenters. The number of rotatable bonds is 5. The minimum atomic E-state index is -1.08. The highest BCUT2D eigenvalue weighted by molar-refractivity contribution is 6.34. The fourth-order valence-corrected chi connectivity index (χ4v) is 2.73. The quantitative estimate of drug-likeness (QED) is 0.906. The smallest absolute Gasteiger partial charge is 0.331 e. The highest BCUT2D eigenvalue weighted by Gasteiger charge is 2.34. The monoisotopic (exact) mass is 315 g/mol. The van der Waals surface area contributed by atoms with E-state index in [1.165, 1.54) is 30.0 Å². The fourth-order valence-electron chi connectivity index (χ4n) is 2.18. The third kappa shape index (κ3) is 3.64. The number of benzene rings is 1. The summed E-state index contributed by atoms with van der Waals surface area (Å²) < 4.78 is 0. The van der Waals surface area contributed by atoms with E-state index in [0.717, 1.165) is 12.8 Å². The minimum Gasteiger partial charge on any atom is -0.479 e. The number of carboxylic acids is 1. The molecular formula is C14H15Cl2NO3. The summed E-state index contributed by atoms with van der Waals surface area (Å²) >= 11 is 11.8. The van der Waals surface area contributed by atoms with E-state index >= 15 is 0 Å². The molecule has 1 aliphatic rings. The SMILES string of the molecule is CC(=O)N(CC1CC1)C(C(=O)O)c1cc(Cl)cc(Cl)c1. The van der Waals surface area contributed by atoms with Crippen LogP contribution in [0, 0.1) is 5.92 Å². The largest absolute Gasteiger partial charge is 0.479 e. The molecular weight excluding hydrogens is 301 g/mol. The van der Waals surface area contributed by atoms with Crippen molar-refractivity contribution in [3.63, 3.8) is 0 Å². The van der Waals surface area contributed by atoms with E-state index in [0.29, 0.717) is 28.1 Å². The molecule has 0 spiro atoms. The van der Waals surface area contributed by atoms with Gasteiger partial charge in [0.05, 0.1) is 0 Å². The van der Waals surface area contributed by atoms with Gasteiger partial charge in [0.2, 0.25) is 5.91 Å². The van der Waals surface area contributed by atoms with Crippen molar-refractivity contribution in [1.82, 2.24) is 4.90 Å². The Kier molecular flexibility index (Phi) is 4.55. The standard InChI is InChI=1S/C14H15Cl2NO3/c1-8(18)17(7-9-2-3-9)13(14(19)20)10-4-11(15)6-12(16)5-10/h4-6,9,13H,2-3,7H2,1H3,(H,19,20). The van der Waals surface area contributed by atoms with Crippen LogP contribution in [0.5, 0.6) is 0 Å². The maximum Gasteiger partial charge on any atom is 0.331 e. The van der Waals surface area contributed by atoms with Crippen LogP contribution in [0.3, 0.4) is 0 Å². The summed E-state index contributed by atoms with van der Waals surface area (Å²) in [5, 5.41) is 10.2. The Morgan fingerprint density at radius 3 is 2.25 bits per heavy atom. The van der Waals surface area contributed by atoms with Gasteiger partial charge in [0.25, 0.3) is 0 Å². The first-order valence-corrected chi connectivity index (χ1v) is 7.10. The van der Waals surface area contributed by atoms with E-state index in [-0.39, 0.29) is 5.91 Å². The summed E-state index contributed by atoms with van der Waals surface area (Å²) in [6, 6.07) is 3.55. The maximum absolute atomic E-state index is 11.8. The lowest BCUT2D eigenvalue weighted by Gasteiger charge is -2.28. The van der Waals surface area contributed by atoms with Crippen LogP contribution >= 0.6 is 23.2 Å². The van der Waals surface area contributed by atoms with Crippen LogP contribution in [-0.4, -0.2) is 28.4 Å². The maximum atomic E-state index is 11.8. The van der Waals surface area contributed by atoms with Crippen molar-refractivity contribution in [2.24, 2.45) is 5.92 Å². The number of nitrogens with zero attached hydrogens (tertiary/aromatic N) is 1. The van der Waals surface area contributed by atoms with Gasteiger partial charge in [0.15, 0.2) is 6.04 Å². The Bertz CT molecular complexity index is 523. The second kappa shape index (κ2) is 6.02. The molecule has 0 heterocycles. The van der Waals surface area contributed by atoms with Crippen LogP contribution in [0.2, 0.25) is 10.0 Å². The number of hydrogen-bond acceptors (Lipinski definition) is 2. The van der Waals surface area contributed by atoms with E-state index in [1.807, 2.05) is 0 Å². The van der Waals surface area contributed by atoms with Gasteiger partial charge < -0.3 is 10.0 Å². The molecule has 1 N–H and O–H groups in total. The number of hydrogen-bond donors (Lipinski definition) is 1. The predicted molar refractivity (Wildman–Crippen MR) is 76.9 cm³/mol. The third-order valence-corrected chi connectivity index (χ3v) is 3.74. The average molecular weight is 316 g/mol. The van der Waals surface area contributed by atoms with Gasteiger partial charge in [-0.05, 0) is 42.5 Å². The molecule has 1 aliphatic carbocycles. The molecule has 1 atom stereocenters. The number of halogens is 2. The van der Waals surface area contributed by atoms with Gasteiger partial charge in [-0.25, -0.2) is 4.79 Å². The second-order valence-electron chi connectivity index (χ2n) is 5.06. The molecule has 4 nitrogen and oxygen atoms in total. The van der Waals surface area contributed by atoms with Crippen LogP contribution in [0.1, 0.15) is 31.4 Å². The van der Waals surface area contributed by atoms with Gasteiger partial charge >= 0.3 is 5.97 Å². The highest BCUT2D eigenvalue weighted by Crippen LogP contribution is 2.34. The van der Waals surface area contributed by atoms with Gasteiger partial charge in [0, 0.05) is 23.5 Å². The summed E-state index contributed by atoms with van der Waals surface area (Å²) in [5.41, 5.74) is 0.422. The van der Waals surface area contributed by atoms with E-state index in [2.05, 4.69) is 0 Å². The highest BCUT2D eigenvalue weighted by atomic mass is 35.5. The zero-order valence-electron chi connectivity index (χ0n) is 11.0. The Morgan fingerprint density at radius 1 is 1.30 bits per heavy atom. The lowest BCUT2D eigenvalue weighted by molar-refractivity contribution is -0.150. The van der Waals surface area contributed by atoms with Gasteiger partial charge in [0.1, 0.15) is 0 Å². The number of aliphatic carboxylic acids is 1. The summed E-state index contributed by atoms with van der Waals surface area (Å²) in [7, 11) is 0. The molecule has 2 rings (SSSR count). The number of carbonyl (C=O) groups excluding carboxylic acids is 1. The van der Waals surface area contributed by atoms with Crippen molar-refractivity contribution in [1.29, 1.82) is 0 Å². The molecule has 1 aromatic carbocycles. The molecule has 6 heteroatoms. The molecule has 1 fully saturated rings. The molecule has 0 aliphatic heterocycles. The second-order valence-corrected chi connectivity index (χ2v) is 5.93. The molecule has 1 saturated carbocycles.